The van der Waals surface area contributed by atoms with Crippen molar-refractivity contribution in [1.82, 2.24) is 57.0 Å². The first kappa shape index (κ1) is 71.4. The third kappa shape index (κ3) is 26.9. The second kappa shape index (κ2) is 36.7. The number of carbonyl (C=O) groups excluding carboxylic acids is 9. The molecule has 83 heavy (non-hydrogen) atoms. The number of hydrogen-bond acceptors (Lipinski definition) is 16. The molecule has 0 spiro atoms. The van der Waals surface area contributed by atoms with Gasteiger partial charge in [0, 0.05) is 44.5 Å². The number of rotatable bonds is 37. The number of nitrogens with two attached hydrogens (primary N) is 5. The molecule has 1 aliphatic rings. The zero-order valence-electron chi connectivity index (χ0n) is 48.9. The lowest BCUT2D eigenvalue weighted by atomic mass is 9.84. The largest absolute Gasteiger partial charge is 0.480 e. The lowest BCUT2D eigenvalue weighted by Gasteiger charge is -2.31. The molecule has 468 valence electrons. The van der Waals surface area contributed by atoms with Gasteiger partial charge in [0.2, 0.25) is 53.2 Å². The molecular weight excluding hydrogens is 1080 g/mol. The van der Waals surface area contributed by atoms with Crippen LogP contribution in [0, 0.1) is 17.8 Å². The van der Waals surface area contributed by atoms with Gasteiger partial charge in [0.15, 0.2) is 11.9 Å². The van der Waals surface area contributed by atoms with Crippen LogP contribution in [0.3, 0.4) is 0 Å². The van der Waals surface area contributed by atoms with Gasteiger partial charge < -0.3 is 96.0 Å². The zero-order chi connectivity index (χ0) is 62.5. The summed E-state index contributed by atoms with van der Waals surface area (Å²) in [5.74, 6) is -9.77. The number of nitrogens with one attached hydrogen (secondary N) is 8. The van der Waals surface area contributed by atoms with Crippen molar-refractivity contribution < 1.29 is 63.3 Å². The van der Waals surface area contributed by atoms with Gasteiger partial charge in [-0.05, 0) is 64.2 Å². The van der Waals surface area contributed by atoms with Crippen molar-refractivity contribution in [2.24, 2.45) is 56.4 Å². The van der Waals surface area contributed by atoms with E-state index in [1.165, 1.54) is 19.4 Å². The minimum Gasteiger partial charge on any atom is -0.480 e. The molecule has 0 radical (unpaired) electrons. The smallest absolute Gasteiger partial charge is 0.323 e. The molecule has 0 aliphatic heterocycles. The highest BCUT2D eigenvalue weighted by Gasteiger charge is 2.37. The quantitative estimate of drug-likeness (QED) is 0.0169. The van der Waals surface area contributed by atoms with Gasteiger partial charge in [-0.3, -0.25) is 57.9 Å². The maximum Gasteiger partial charge on any atom is 0.323 e. The van der Waals surface area contributed by atoms with Gasteiger partial charge in [0.25, 0.3) is 0 Å². The van der Waals surface area contributed by atoms with Crippen LogP contribution in [0.25, 0.3) is 0 Å². The predicted molar refractivity (Wildman–Crippen MR) is 305 cm³/mol. The molecule has 1 aromatic heterocycles. The van der Waals surface area contributed by atoms with E-state index < -0.39 is 139 Å². The highest BCUT2D eigenvalue weighted by Crippen LogP contribution is 2.27. The molecule has 2 rings (SSSR count). The molecule has 0 bridgehead atoms. The fraction of sp³-hybridized carbons (Fsp3) is 0.712. The Bertz CT molecular complexity index is 2340. The molecule has 1 aromatic rings. The van der Waals surface area contributed by atoms with E-state index in [9.17, 15) is 63.3 Å². The third-order valence-electron chi connectivity index (χ3n) is 13.7. The summed E-state index contributed by atoms with van der Waals surface area (Å²) in [5, 5.41) is 48.8. The van der Waals surface area contributed by atoms with Gasteiger partial charge in [0.1, 0.15) is 42.8 Å². The molecule has 1 aliphatic carbocycles. The maximum atomic E-state index is 14.3. The first-order valence-corrected chi connectivity index (χ1v) is 28.1. The Morgan fingerprint density at radius 1 is 0.699 bits per heavy atom. The van der Waals surface area contributed by atoms with Crippen molar-refractivity contribution in [2.45, 2.75) is 174 Å². The van der Waals surface area contributed by atoms with Crippen molar-refractivity contribution >= 4 is 71.1 Å². The number of aliphatic hydroxyl groups excluding tert-OH is 2. The summed E-state index contributed by atoms with van der Waals surface area (Å²) in [6, 6.07) is -9.64. The standard InChI is InChI=1S/C52H92N18O13/c1-8-29(4)41(50(83)70(24-28(2)3)26-40(75)76)66-38(73)25-69(19-13-18-60-52(56)57)39(74)23-61-48(81)42(31(6)71)68-49(82)43(32(7)72)67-47(80)37(21-34-22-58-27-62-34)65-46(79)36(20-33-14-10-9-11-15-33)64-44(77)30(5)63-45(78)35(53)16-12-17-59-51(54)55/h22,27-33,35-37,41-43,71-72H,8-21,23-26,53H2,1-7H3,(H,58,62)(H,61,81)(H,63,78)(H,64,77)(H,65,79)(H,66,73)(H,67,80)(H,68,82)(H,75,76)(H4,54,55,59)(H4,56,57,60)/t29?,30-,31+,32+,35-,36-,37-,41-,42-,43-/m0/s1. The van der Waals surface area contributed by atoms with Crippen LogP contribution in [-0.4, -0.2) is 206 Å². The van der Waals surface area contributed by atoms with E-state index >= 15 is 0 Å². The van der Waals surface area contributed by atoms with Gasteiger partial charge in [-0.1, -0.05) is 66.2 Å². The Kier molecular flexibility index (Phi) is 31.6. The average Bonchev–Trinajstić information content (AvgIpc) is 4.06. The van der Waals surface area contributed by atoms with E-state index in [-0.39, 0.29) is 75.6 Å². The number of carboxylic acid groups (broad SMARTS) is 1. The molecule has 9 amide bonds. The number of amides is 9. The van der Waals surface area contributed by atoms with Crippen LogP contribution in [0.2, 0.25) is 0 Å². The summed E-state index contributed by atoms with van der Waals surface area (Å²) in [6.45, 7) is 9.01. The summed E-state index contributed by atoms with van der Waals surface area (Å²) in [7, 11) is 0. The molecule has 1 saturated carbocycles. The number of imidazole rings is 1. The number of aliphatic carboxylic acids is 1. The molecular formula is C52H92N18O13. The van der Waals surface area contributed by atoms with Crippen molar-refractivity contribution in [3.05, 3.63) is 18.2 Å². The highest BCUT2D eigenvalue weighted by molar-refractivity contribution is 5.98. The molecule has 0 aromatic carbocycles. The number of nitrogens with zero attached hydrogens (tertiary/aromatic N) is 5. The Morgan fingerprint density at radius 2 is 1.28 bits per heavy atom. The van der Waals surface area contributed by atoms with Crippen LogP contribution in [0.4, 0.5) is 0 Å². The number of aliphatic imine (C=N–C) groups is 2. The normalized spacial score (nSPS) is 16.0. The molecule has 21 N–H and O–H groups in total. The number of carbonyl (C=O) groups is 10. The number of aromatic amines is 1. The highest BCUT2D eigenvalue weighted by atomic mass is 16.4. The van der Waals surface area contributed by atoms with Crippen molar-refractivity contribution in [1.29, 1.82) is 0 Å². The minimum atomic E-state index is -1.83. The van der Waals surface area contributed by atoms with E-state index in [4.69, 9.17) is 28.7 Å². The Hall–Kier alpha value is -7.67. The zero-order valence-corrected chi connectivity index (χ0v) is 48.9. The lowest BCUT2D eigenvalue weighted by molar-refractivity contribution is -0.147. The maximum absolute atomic E-state index is 14.3. The molecule has 31 nitrogen and oxygen atoms in total. The van der Waals surface area contributed by atoms with E-state index in [1.54, 1.807) is 27.7 Å². The second-order valence-corrected chi connectivity index (χ2v) is 21.5. The monoisotopic (exact) mass is 1180 g/mol. The first-order valence-electron chi connectivity index (χ1n) is 28.1. The minimum absolute atomic E-state index is 0.0161. The SMILES string of the molecule is CCC(C)[C@H](NC(=O)CN(CCCN=C(N)N)C(=O)CNC(=O)[C@@H](NC(=O)[C@@H](NC(=O)[C@H](Cc1cnc[nH]1)NC(=O)[C@H](CC1CCCCC1)NC(=O)[C@H](C)NC(=O)[C@@H](N)CCCN=C(N)N)[C@@H](C)O)[C@@H](C)O)C(=O)N(CC(=O)O)CC(C)C. The number of carboxylic acids is 1. The molecule has 31 heteroatoms. The summed E-state index contributed by atoms with van der Waals surface area (Å²) in [4.78, 5) is 152. The van der Waals surface area contributed by atoms with Crippen LogP contribution in [0.15, 0.2) is 22.5 Å². The number of H-pyrrole nitrogens is 1. The molecule has 10 atom stereocenters. The van der Waals surface area contributed by atoms with Crippen LogP contribution in [0.5, 0.6) is 0 Å². The van der Waals surface area contributed by atoms with E-state index in [0.29, 0.717) is 18.5 Å². The molecule has 1 heterocycles. The van der Waals surface area contributed by atoms with Crippen LogP contribution in [-0.2, 0) is 54.4 Å². The molecule has 1 unspecified atom stereocenters. The van der Waals surface area contributed by atoms with Gasteiger partial charge in [0.05, 0.1) is 37.7 Å². The van der Waals surface area contributed by atoms with Crippen LogP contribution < -0.4 is 65.9 Å². The fourth-order valence-corrected chi connectivity index (χ4v) is 8.98. The number of aliphatic hydroxyl groups is 2. The van der Waals surface area contributed by atoms with Crippen molar-refractivity contribution in [3.63, 3.8) is 0 Å². The third-order valence-corrected chi connectivity index (χ3v) is 13.7. The van der Waals surface area contributed by atoms with Gasteiger partial charge in [-0.25, -0.2) is 4.98 Å². The lowest BCUT2D eigenvalue weighted by Crippen LogP contribution is -2.62. The van der Waals surface area contributed by atoms with E-state index in [2.05, 4.69) is 57.2 Å². The summed E-state index contributed by atoms with van der Waals surface area (Å²) in [5.41, 5.74) is 28.0. The fourth-order valence-electron chi connectivity index (χ4n) is 8.98. The summed E-state index contributed by atoms with van der Waals surface area (Å²) in [6.07, 6.45) is 4.83. The molecule has 1 fully saturated rings. The van der Waals surface area contributed by atoms with Gasteiger partial charge >= 0.3 is 5.97 Å². The first-order chi connectivity index (χ1) is 39.0. The second-order valence-electron chi connectivity index (χ2n) is 21.5. The number of guanidine groups is 2. The predicted octanol–water partition coefficient (Wildman–Crippen LogP) is -4.78. The Labute approximate surface area is 484 Å². The van der Waals surface area contributed by atoms with Crippen molar-refractivity contribution in [3.8, 4) is 0 Å². The topological polar surface area (TPSA) is 506 Å². The van der Waals surface area contributed by atoms with Crippen molar-refractivity contribution in [2.75, 3.05) is 45.8 Å². The van der Waals surface area contributed by atoms with E-state index in [0.717, 1.165) is 55.8 Å². The van der Waals surface area contributed by atoms with Gasteiger partial charge in [-0.15, -0.1) is 0 Å². The molecule has 0 saturated heterocycles. The summed E-state index contributed by atoms with van der Waals surface area (Å²) < 4.78 is 0. The van der Waals surface area contributed by atoms with E-state index in [1.807, 2.05) is 0 Å². The summed E-state index contributed by atoms with van der Waals surface area (Å²) >= 11 is 0. The Morgan fingerprint density at radius 3 is 1.83 bits per heavy atom. The van der Waals surface area contributed by atoms with Crippen LogP contribution >= 0.6 is 0 Å². The number of aromatic nitrogens is 2. The van der Waals surface area contributed by atoms with Gasteiger partial charge in [-0.2, -0.15) is 0 Å². The van der Waals surface area contributed by atoms with Crippen LogP contribution in [0.1, 0.15) is 118 Å². The average molecular weight is 1180 g/mol. The Balaban J connectivity index is 2.32. The number of hydrogen-bond donors (Lipinski definition) is 16.